The van der Waals surface area contributed by atoms with E-state index in [4.69, 9.17) is 14.2 Å². The third-order valence-electron chi connectivity index (χ3n) is 6.99. The molecule has 0 bridgehead atoms. The van der Waals surface area contributed by atoms with Gasteiger partial charge < -0.3 is 53.8 Å². The van der Waals surface area contributed by atoms with Crippen molar-refractivity contribution in [1.29, 1.82) is 0 Å². The molecule has 1 aliphatic rings. The van der Waals surface area contributed by atoms with Crippen LogP contribution in [0.5, 0.6) is 0 Å². The molecule has 0 spiro atoms. The fourth-order valence-corrected chi connectivity index (χ4v) is 4.66. The van der Waals surface area contributed by atoms with Crippen molar-refractivity contribution in [1.82, 2.24) is 0 Å². The number of carbonyl (C=O) groups is 6. The van der Waals surface area contributed by atoms with Crippen molar-refractivity contribution < 1.29 is 127 Å². The first kappa shape index (κ1) is 56.5. The smallest absolute Gasteiger partial charge is 0.550 e. The number of ether oxygens (including phenoxy) is 4. The van der Waals surface area contributed by atoms with E-state index < -0.39 is 84.0 Å². The Morgan fingerprint density at radius 1 is 0.818 bits per heavy atom. The minimum atomic E-state index is -1.76. The Bertz CT molecular complexity index is 883. The van der Waals surface area contributed by atoms with Crippen LogP contribution in [0, 0.1) is 35.5 Å². The predicted molar refractivity (Wildman–Crippen MR) is 143 cm³/mol. The van der Waals surface area contributed by atoms with E-state index in [1.807, 2.05) is 6.92 Å². The molecule has 14 nitrogen and oxygen atoms in total. The average molecular weight is 680 g/mol. The van der Waals surface area contributed by atoms with Crippen LogP contribution in [0.1, 0.15) is 61.8 Å². The molecule has 0 aliphatic carbocycles. The molecule has 9 atom stereocenters. The van der Waals surface area contributed by atoms with Crippen molar-refractivity contribution in [2.24, 2.45) is 35.5 Å². The van der Waals surface area contributed by atoms with Gasteiger partial charge in [0.1, 0.15) is 0 Å². The number of rotatable bonds is 16. The molecule has 17 heteroatoms. The summed E-state index contributed by atoms with van der Waals surface area (Å²) >= 11 is 0. The van der Waals surface area contributed by atoms with Crippen LogP contribution >= 0.6 is 0 Å². The molecular weight excluding hydrogens is 634 g/mol. The van der Waals surface area contributed by atoms with Gasteiger partial charge in [0.25, 0.3) is 0 Å². The van der Waals surface area contributed by atoms with Crippen LogP contribution < -0.4 is 74.4 Å². The van der Waals surface area contributed by atoms with Crippen LogP contribution in [0.3, 0.4) is 0 Å². The fraction of sp³-hybridized carbons (Fsp3) is 0.778. The Hall–Kier alpha value is 0.160. The standard InChI is InChI=1S/C16H26O10.C9H14O4.2CH4.Ca.2Na/c1-5-9(25-3)12(16(23)24)8(14(19)20)6-10(26-4)11(15(21)22)7(2)13(17)18;1-4-6(12-3)7-5(2)8(10)13-9(7)11;;;;;/h7-12H,5-6H2,1-4H3,(H,17,18)(H,19,20)(H,21,22)(H,23,24);5-7H,4H2,1-3H3;2*1H4;;;/q;;;;+2;2*+1/p-3. The van der Waals surface area contributed by atoms with E-state index in [2.05, 4.69) is 4.74 Å². The molecule has 1 N–H and O–H groups in total. The number of cyclic esters (lactones) is 2. The van der Waals surface area contributed by atoms with Crippen molar-refractivity contribution in [3.63, 3.8) is 0 Å². The normalized spacial score (nSPS) is 19.7. The zero-order chi connectivity index (χ0) is 30.6. The first-order chi connectivity index (χ1) is 18.1. The quantitative estimate of drug-likeness (QED) is 0.0908. The summed E-state index contributed by atoms with van der Waals surface area (Å²) in [6, 6.07) is 0. The van der Waals surface area contributed by atoms with E-state index in [1.165, 1.54) is 14.2 Å². The van der Waals surface area contributed by atoms with Crippen LogP contribution in [0.25, 0.3) is 0 Å². The van der Waals surface area contributed by atoms with Crippen molar-refractivity contribution in [3.05, 3.63) is 0 Å². The van der Waals surface area contributed by atoms with Gasteiger partial charge in [-0.3, -0.25) is 14.4 Å². The minimum Gasteiger partial charge on any atom is -0.550 e. The number of methoxy groups -OCH3 is 3. The van der Waals surface area contributed by atoms with Gasteiger partial charge in [0.2, 0.25) is 0 Å². The summed E-state index contributed by atoms with van der Waals surface area (Å²) in [6.07, 6.45) is -2.43. The van der Waals surface area contributed by atoms with Crippen LogP contribution in [0.15, 0.2) is 0 Å². The van der Waals surface area contributed by atoms with Gasteiger partial charge in [-0.2, -0.15) is 0 Å². The molecular formula is C27H45CaNa2O14+. The number of carboxylic acid groups (broad SMARTS) is 4. The van der Waals surface area contributed by atoms with Gasteiger partial charge in [-0.1, -0.05) is 42.5 Å². The van der Waals surface area contributed by atoms with Gasteiger partial charge >= 0.3 is 115 Å². The summed E-state index contributed by atoms with van der Waals surface area (Å²) in [6.45, 7) is 6.26. The summed E-state index contributed by atoms with van der Waals surface area (Å²) in [4.78, 5) is 67.8. The third-order valence-corrected chi connectivity index (χ3v) is 6.99. The van der Waals surface area contributed by atoms with Gasteiger partial charge in [0, 0.05) is 57.0 Å². The molecule has 0 amide bonds. The van der Waals surface area contributed by atoms with E-state index in [9.17, 15) is 49.2 Å². The second-order valence-corrected chi connectivity index (χ2v) is 9.17. The number of hydrogen-bond acceptors (Lipinski definition) is 13. The molecule has 0 radical (unpaired) electrons. The molecule has 0 aromatic heterocycles. The summed E-state index contributed by atoms with van der Waals surface area (Å²) in [7, 11) is 3.80. The third kappa shape index (κ3) is 16.3. The second kappa shape index (κ2) is 28.2. The molecule has 1 saturated heterocycles. The van der Waals surface area contributed by atoms with Crippen LogP contribution in [0.4, 0.5) is 0 Å². The Morgan fingerprint density at radius 2 is 1.30 bits per heavy atom. The van der Waals surface area contributed by atoms with Gasteiger partial charge in [0.15, 0.2) is 0 Å². The van der Waals surface area contributed by atoms with Gasteiger partial charge in [-0.25, -0.2) is 0 Å². The first-order valence-electron chi connectivity index (χ1n) is 12.3. The molecule has 0 aromatic rings. The summed E-state index contributed by atoms with van der Waals surface area (Å²) < 4.78 is 19.6. The van der Waals surface area contributed by atoms with Crippen molar-refractivity contribution >= 4 is 73.6 Å². The van der Waals surface area contributed by atoms with E-state index in [-0.39, 0.29) is 130 Å². The number of esters is 2. The topological polar surface area (TPSA) is 229 Å². The van der Waals surface area contributed by atoms with Crippen molar-refractivity contribution in [3.8, 4) is 0 Å². The second-order valence-electron chi connectivity index (χ2n) is 9.17. The maximum Gasteiger partial charge on any atom is 2.00 e. The van der Waals surface area contributed by atoms with Gasteiger partial charge in [-0.15, -0.1) is 0 Å². The Kier molecular flexibility index (Phi) is 36.2. The zero-order valence-corrected chi connectivity index (χ0v) is 32.0. The van der Waals surface area contributed by atoms with Crippen LogP contribution in [-0.2, 0) is 47.7 Å². The first-order valence-corrected chi connectivity index (χ1v) is 12.3. The van der Waals surface area contributed by atoms with Crippen molar-refractivity contribution in [2.45, 2.75) is 80.1 Å². The average Bonchev–Trinajstić information content (AvgIpc) is 3.12. The monoisotopic (exact) mass is 679 g/mol. The molecule has 1 aliphatic heterocycles. The van der Waals surface area contributed by atoms with Crippen molar-refractivity contribution in [2.75, 3.05) is 21.3 Å². The number of hydrogen-bond donors (Lipinski definition) is 1. The van der Waals surface area contributed by atoms with Crippen LogP contribution in [-0.4, -0.2) is 118 Å². The number of carbonyl (C=O) groups excluding carboxylic acids is 5. The maximum atomic E-state index is 11.5. The van der Waals surface area contributed by atoms with E-state index in [1.54, 1.807) is 13.8 Å². The maximum absolute atomic E-state index is 11.5. The predicted octanol–water partition coefficient (Wildman–Crippen LogP) is -7.72. The van der Waals surface area contributed by atoms with Gasteiger partial charge in [-0.05, 0) is 19.3 Å². The largest absolute Gasteiger partial charge is 2.00 e. The molecule has 9 unspecified atom stereocenters. The molecule has 1 heterocycles. The molecule has 0 aromatic carbocycles. The number of aliphatic carboxylic acids is 4. The SMILES string of the molecule is C.C.CCC(OC)C(C(=O)[O-])C(CC(OC)C(C(=O)O)C(C)C(=O)[O-])C(=O)[O-].CCC(OC)C1C(=O)OC(=O)C1C.[Ca+2].[Na+].[Na+]. The minimum absolute atomic E-state index is 0. The molecule has 1 fully saturated rings. The number of carboxylic acids is 4. The Labute approximate surface area is 334 Å². The van der Waals surface area contributed by atoms with E-state index >= 15 is 0 Å². The van der Waals surface area contributed by atoms with Crippen LogP contribution in [0.2, 0.25) is 0 Å². The summed E-state index contributed by atoms with van der Waals surface area (Å²) in [5.74, 6) is -14.9. The van der Waals surface area contributed by atoms with E-state index in [0.717, 1.165) is 14.0 Å². The Morgan fingerprint density at radius 3 is 1.55 bits per heavy atom. The summed E-state index contributed by atoms with van der Waals surface area (Å²) in [5, 5.41) is 43.4. The molecule has 1 rings (SSSR count). The molecule has 44 heavy (non-hydrogen) atoms. The van der Waals surface area contributed by atoms with E-state index in [0.29, 0.717) is 6.42 Å². The molecule has 240 valence electrons. The molecule has 0 saturated carbocycles. The Balaban J connectivity index is -0.000000172. The fourth-order valence-electron chi connectivity index (χ4n) is 4.66. The van der Waals surface area contributed by atoms with Gasteiger partial charge in [0.05, 0.1) is 36.1 Å². The summed E-state index contributed by atoms with van der Waals surface area (Å²) in [5.41, 5.74) is 0. The zero-order valence-electron chi connectivity index (χ0n) is 25.8.